The average molecular weight is 944 g/mol. The van der Waals surface area contributed by atoms with Crippen molar-refractivity contribution in [2.75, 3.05) is 13.2 Å². The van der Waals surface area contributed by atoms with E-state index >= 15 is 0 Å². The molecule has 5 aromatic rings. The molecule has 0 aliphatic carbocycles. The van der Waals surface area contributed by atoms with Crippen molar-refractivity contribution in [3.63, 3.8) is 0 Å². The predicted molar refractivity (Wildman–Crippen MR) is 267 cm³/mol. The van der Waals surface area contributed by atoms with Crippen LogP contribution in [0.5, 0.6) is 0 Å². The largest absolute Gasteiger partial charge is 0.411 e. The van der Waals surface area contributed by atoms with E-state index in [9.17, 15) is 5.26 Å². The number of ether oxygens (including phenoxy) is 7. The molecule has 5 aromatic carbocycles. The summed E-state index contributed by atoms with van der Waals surface area (Å²) in [5, 5.41) is 10.2. The summed E-state index contributed by atoms with van der Waals surface area (Å²) in [7, 11) is -2.32. The fraction of sp³-hybridized carbons (Fsp3) is 0.446. The highest BCUT2D eigenvalue weighted by Crippen LogP contribution is 2.42. The molecule has 1 unspecified atom stereocenters. The standard InChI is InChI=1S/C56H69NO8SSi/c1-56(2,3)67(4,5)65-52-34-49(61-39-45-27-17-9-18-28-45)54(41-59-37-43-23-13-7-14-24-43)63-51(52)35-55(66-46-29-19-10-20-30-46)64-50-33-48(60-38-44-25-15-8-16-26-44)53(62-47(50)31-32-57)40-58-36-42-21-11-6-12-22-42/h6-30,47-55H,31,33-41H2,1-5H3/t47-,48-,49+,50+,51+,52-,53+,54-,55?/m1/s1. The van der Waals surface area contributed by atoms with E-state index in [1.54, 1.807) is 11.8 Å². The first-order valence-electron chi connectivity index (χ1n) is 23.8. The quantitative estimate of drug-likeness (QED) is 0.0358. The highest BCUT2D eigenvalue weighted by molar-refractivity contribution is 7.99. The first-order valence-corrected chi connectivity index (χ1v) is 27.6. The molecule has 0 bridgehead atoms. The number of hydrogen-bond donors (Lipinski definition) is 0. The third kappa shape index (κ3) is 15.7. The van der Waals surface area contributed by atoms with Crippen molar-refractivity contribution in [1.29, 1.82) is 5.26 Å². The van der Waals surface area contributed by atoms with Gasteiger partial charge in [-0.1, -0.05) is 172 Å². The van der Waals surface area contributed by atoms with Gasteiger partial charge in [-0.15, -0.1) is 0 Å². The molecule has 0 spiro atoms. The lowest BCUT2D eigenvalue weighted by atomic mass is 9.95. The van der Waals surface area contributed by atoms with E-state index in [0.717, 1.165) is 27.1 Å². The summed E-state index contributed by atoms with van der Waals surface area (Å²) in [6.45, 7) is 13.8. The summed E-state index contributed by atoms with van der Waals surface area (Å²) >= 11 is 1.66. The smallest absolute Gasteiger partial charge is 0.192 e. The summed E-state index contributed by atoms with van der Waals surface area (Å²) in [6, 6.07) is 53.5. The molecular weight excluding hydrogens is 875 g/mol. The molecular formula is C56H69NO8SSi. The summed E-state index contributed by atoms with van der Waals surface area (Å²) in [5.74, 6) is 0. The molecule has 0 aromatic heterocycles. The van der Waals surface area contributed by atoms with Crippen molar-refractivity contribution in [2.45, 2.75) is 150 Å². The van der Waals surface area contributed by atoms with E-state index in [1.807, 2.05) is 103 Å². The Bertz CT molecular complexity index is 2190. The van der Waals surface area contributed by atoms with Gasteiger partial charge in [-0.3, -0.25) is 0 Å². The second-order valence-electron chi connectivity index (χ2n) is 19.1. The SMILES string of the molecule is CC(C)(C)[Si](C)(C)O[C@@H]1C[C@H](OCc2ccccc2)[C@@H](COCc2ccccc2)O[C@H]1CC(O[C@H]1C[C@@H](OCc2ccccc2)[C@H](COCc2ccccc2)O[C@@H]1CC#N)Sc1ccccc1. The van der Waals surface area contributed by atoms with E-state index in [0.29, 0.717) is 58.9 Å². The Labute approximate surface area is 404 Å². The molecule has 9 atom stereocenters. The van der Waals surface area contributed by atoms with E-state index in [1.165, 1.54) is 0 Å². The fourth-order valence-electron chi connectivity index (χ4n) is 8.26. The third-order valence-corrected chi connectivity index (χ3v) is 18.6. The number of nitriles is 1. The molecule has 356 valence electrons. The Balaban J connectivity index is 1.16. The average Bonchev–Trinajstić information content (AvgIpc) is 3.33. The summed E-state index contributed by atoms with van der Waals surface area (Å²) in [4.78, 5) is 1.06. The van der Waals surface area contributed by atoms with Gasteiger partial charge < -0.3 is 37.6 Å². The zero-order valence-electron chi connectivity index (χ0n) is 39.8. The molecule has 9 nitrogen and oxygen atoms in total. The van der Waals surface area contributed by atoms with Crippen molar-refractivity contribution in [3.8, 4) is 6.07 Å². The maximum Gasteiger partial charge on any atom is 0.192 e. The van der Waals surface area contributed by atoms with Crippen molar-refractivity contribution in [3.05, 3.63) is 174 Å². The van der Waals surface area contributed by atoms with Crippen LogP contribution in [0.2, 0.25) is 18.1 Å². The van der Waals surface area contributed by atoms with Crippen molar-refractivity contribution in [1.82, 2.24) is 0 Å². The van der Waals surface area contributed by atoms with Gasteiger partial charge in [0.05, 0.1) is 88.8 Å². The van der Waals surface area contributed by atoms with Crippen LogP contribution in [0.15, 0.2) is 157 Å². The van der Waals surface area contributed by atoms with Gasteiger partial charge in [0.15, 0.2) is 8.32 Å². The highest BCUT2D eigenvalue weighted by Gasteiger charge is 2.47. The Hall–Kier alpha value is -4.16. The zero-order valence-corrected chi connectivity index (χ0v) is 41.6. The van der Waals surface area contributed by atoms with Gasteiger partial charge in [-0.05, 0) is 52.5 Å². The number of hydrogen-bond acceptors (Lipinski definition) is 10. The molecule has 2 aliphatic heterocycles. The Morgan fingerprint density at radius 1 is 0.567 bits per heavy atom. The topological polar surface area (TPSA) is 97.6 Å². The van der Waals surface area contributed by atoms with E-state index in [2.05, 4.69) is 88.5 Å². The van der Waals surface area contributed by atoms with Gasteiger partial charge in [0.25, 0.3) is 0 Å². The minimum Gasteiger partial charge on any atom is -0.411 e. The minimum absolute atomic E-state index is 0.0393. The summed E-state index contributed by atoms with van der Waals surface area (Å²) in [6.07, 6.45) is -1.18. The molecule has 7 rings (SSSR count). The molecule has 0 N–H and O–H groups in total. The Kier molecular flexibility index (Phi) is 19.3. The van der Waals surface area contributed by atoms with E-state index in [-0.39, 0.29) is 42.0 Å². The maximum absolute atomic E-state index is 10.2. The fourth-order valence-corrected chi connectivity index (χ4v) is 10.7. The lowest BCUT2D eigenvalue weighted by Gasteiger charge is -2.47. The van der Waals surface area contributed by atoms with Crippen LogP contribution in [0.4, 0.5) is 0 Å². The summed E-state index contributed by atoms with van der Waals surface area (Å²) < 4.78 is 54.9. The van der Waals surface area contributed by atoms with Gasteiger partial charge in [0, 0.05) is 24.2 Å². The lowest BCUT2D eigenvalue weighted by Crippen LogP contribution is -2.56. The molecule has 0 radical (unpaired) electrons. The normalized spacial score (nSPS) is 23.9. The van der Waals surface area contributed by atoms with Gasteiger partial charge in [-0.2, -0.15) is 5.26 Å². The second-order valence-corrected chi connectivity index (χ2v) is 25.1. The van der Waals surface area contributed by atoms with Crippen LogP contribution in [0.3, 0.4) is 0 Å². The molecule has 0 saturated carbocycles. The minimum atomic E-state index is -2.32. The van der Waals surface area contributed by atoms with Gasteiger partial charge in [0.1, 0.15) is 17.6 Å². The molecule has 11 heteroatoms. The molecule has 2 heterocycles. The number of thioether (sulfide) groups is 1. The molecule has 2 fully saturated rings. The van der Waals surface area contributed by atoms with Crippen LogP contribution < -0.4 is 0 Å². The Morgan fingerprint density at radius 2 is 0.985 bits per heavy atom. The first-order chi connectivity index (χ1) is 32.5. The van der Waals surface area contributed by atoms with Crippen LogP contribution in [0.1, 0.15) is 68.7 Å². The van der Waals surface area contributed by atoms with Crippen LogP contribution >= 0.6 is 11.8 Å². The van der Waals surface area contributed by atoms with E-state index < -0.39 is 32.1 Å². The number of nitrogens with zero attached hydrogens (tertiary/aromatic N) is 1. The van der Waals surface area contributed by atoms with Crippen LogP contribution in [0.25, 0.3) is 0 Å². The van der Waals surface area contributed by atoms with Crippen molar-refractivity contribution in [2.24, 2.45) is 0 Å². The zero-order chi connectivity index (χ0) is 46.9. The van der Waals surface area contributed by atoms with Crippen LogP contribution in [0, 0.1) is 11.3 Å². The third-order valence-electron chi connectivity index (χ3n) is 13.0. The predicted octanol–water partition coefficient (Wildman–Crippen LogP) is 12.1. The van der Waals surface area contributed by atoms with Crippen LogP contribution in [-0.2, 0) is 64.0 Å². The van der Waals surface area contributed by atoms with Gasteiger partial charge >= 0.3 is 0 Å². The molecule has 0 amide bonds. The maximum atomic E-state index is 10.2. The van der Waals surface area contributed by atoms with Crippen LogP contribution in [-0.4, -0.2) is 75.8 Å². The molecule has 2 saturated heterocycles. The summed E-state index contributed by atoms with van der Waals surface area (Å²) in [5.41, 5.74) is 3.94. The number of benzene rings is 5. The van der Waals surface area contributed by atoms with Gasteiger partial charge in [0.2, 0.25) is 0 Å². The molecule has 2 aliphatic rings. The molecule has 67 heavy (non-hydrogen) atoms. The second kappa shape index (κ2) is 25.4. The Morgan fingerprint density at radius 3 is 1.43 bits per heavy atom. The van der Waals surface area contributed by atoms with Crippen molar-refractivity contribution >= 4 is 20.1 Å². The van der Waals surface area contributed by atoms with Crippen molar-refractivity contribution < 1.29 is 37.6 Å². The monoisotopic (exact) mass is 943 g/mol. The van der Waals surface area contributed by atoms with Gasteiger partial charge in [-0.25, -0.2) is 0 Å². The van der Waals surface area contributed by atoms with E-state index in [4.69, 9.17) is 37.6 Å². The first kappa shape index (κ1) is 50.7. The lowest BCUT2D eigenvalue weighted by molar-refractivity contribution is -0.224. The highest BCUT2D eigenvalue weighted by atomic mass is 32.2. The number of rotatable bonds is 23.